The van der Waals surface area contributed by atoms with Gasteiger partial charge in [-0.1, -0.05) is 12.1 Å². The molecule has 0 fully saturated rings. The first-order chi connectivity index (χ1) is 11.9. The normalized spacial score (nSPS) is 12.5. The molecule has 0 radical (unpaired) electrons. The minimum absolute atomic E-state index is 0.492. The van der Waals surface area contributed by atoms with E-state index >= 15 is 0 Å². The summed E-state index contributed by atoms with van der Waals surface area (Å²) in [4.78, 5) is -0.492. The predicted molar refractivity (Wildman–Crippen MR) is 77.1 cm³/mol. The number of nitrogens with one attached hydrogen (secondary N) is 1. The molecule has 0 aromatic heterocycles. The van der Waals surface area contributed by atoms with E-state index in [0.717, 1.165) is 36.4 Å². The van der Waals surface area contributed by atoms with E-state index in [1.165, 1.54) is 12.1 Å². The standard InChI is InChI=1S/C14H9F6NO4S/c15-13(16,17)24-9-5-7-10(8-6-9)26(22,23)21-11-3-1-2-4-12(11)25-14(18,19)20/h1-8,21H. The lowest BCUT2D eigenvalue weighted by Crippen LogP contribution is -2.20. The van der Waals surface area contributed by atoms with Crippen LogP contribution in [0.4, 0.5) is 32.0 Å². The van der Waals surface area contributed by atoms with Crippen LogP contribution in [0, 0.1) is 0 Å². The monoisotopic (exact) mass is 401 g/mol. The van der Waals surface area contributed by atoms with Gasteiger partial charge in [-0.3, -0.25) is 4.72 Å². The molecule has 0 saturated heterocycles. The number of rotatable bonds is 5. The Balaban J connectivity index is 2.24. The smallest absolute Gasteiger partial charge is 0.406 e. The van der Waals surface area contributed by atoms with Gasteiger partial charge >= 0.3 is 12.7 Å². The second kappa shape index (κ2) is 6.94. The summed E-state index contributed by atoms with van der Waals surface area (Å²) in [7, 11) is -4.39. The van der Waals surface area contributed by atoms with Crippen molar-refractivity contribution in [1.82, 2.24) is 0 Å². The van der Waals surface area contributed by atoms with E-state index in [9.17, 15) is 34.8 Å². The van der Waals surface area contributed by atoms with Crippen molar-refractivity contribution in [3.05, 3.63) is 48.5 Å². The summed E-state index contributed by atoms with van der Waals surface area (Å²) >= 11 is 0. The lowest BCUT2D eigenvalue weighted by Gasteiger charge is -2.15. The quantitative estimate of drug-likeness (QED) is 0.760. The van der Waals surface area contributed by atoms with Gasteiger partial charge in [0.15, 0.2) is 5.75 Å². The average molecular weight is 401 g/mol. The zero-order chi connectivity index (χ0) is 19.6. The lowest BCUT2D eigenvalue weighted by molar-refractivity contribution is -0.275. The van der Waals surface area contributed by atoms with Gasteiger partial charge in [0, 0.05) is 0 Å². The maximum atomic E-state index is 12.4. The van der Waals surface area contributed by atoms with Gasteiger partial charge in [0.25, 0.3) is 10.0 Å². The Morgan fingerprint density at radius 2 is 1.31 bits per heavy atom. The minimum atomic E-state index is -5.04. The van der Waals surface area contributed by atoms with Crippen LogP contribution < -0.4 is 14.2 Å². The van der Waals surface area contributed by atoms with Crippen LogP contribution in [0.25, 0.3) is 0 Å². The van der Waals surface area contributed by atoms with Crippen molar-refractivity contribution in [3.8, 4) is 11.5 Å². The summed E-state index contributed by atoms with van der Waals surface area (Å²) in [5.74, 6) is -1.45. The van der Waals surface area contributed by atoms with Crippen molar-refractivity contribution in [2.75, 3.05) is 4.72 Å². The van der Waals surface area contributed by atoms with Crippen LogP contribution in [-0.2, 0) is 10.0 Å². The van der Waals surface area contributed by atoms with Gasteiger partial charge < -0.3 is 9.47 Å². The summed E-state index contributed by atoms with van der Waals surface area (Å²) in [6, 6.07) is 7.49. The fourth-order valence-electron chi connectivity index (χ4n) is 1.79. The predicted octanol–water partition coefficient (Wildman–Crippen LogP) is 4.28. The second-order valence-corrected chi connectivity index (χ2v) is 6.35. The van der Waals surface area contributed by atoms with Crippen molar-refractivity contribution in [3.63, 3.8) is 0 Å². The third kappa shape index (κ3) is 5.72. The molecule has 5 nitrogen and oxygen atoms in total. The Labute approximate surface area is 143 Å². The second-order valence-electron chi connectivity index (χ2n) is 4.67. The maximum Gasteiger partial charge on any atom is 0.573 e. The number of sulfonamides is 1. The van der Waals surface area contributed by atoms with Crippen LogP contribution >= 0.6 is 0 Å². The molecule has 12 heteroatoms. The summed E-state index contributed by atoms with van der Waals surface area (Å²) in [6.45, 7) is 0. The van der Waals surface area contributed by atoms with Crippen LogP contribution in [0.5, 0.6) is 11.5 Å². The van der Waals surface area contributed by atoms with Gasteiger partial charge in [0.1, 0.15) is 5.75 Å². The maximum absolute atomic E-state index is 12.4. The van der Waals surface area contributed by atoms with Gasteiger partial charge in [-0.2, -0.15) is 0 Å². The van der Waals surface area contributed by atoms with E-state index in [0.29, 0.717) is 0 Å². The third-order valence-corrected chi connectivity index (χ3v) is 4.11. The van der Waals surface area contributed by atoms with Gasteiger partial charge in [-0.15, -0.1) is 26.3 Å². The van der Waals surface area contributed by atoms with E-state index in [4.69, 9.17) is 0 Å². The minimum Gasteiger partial charge on any atom is -0.406 e. The van der Waals surface area contributed by atoms with Crippen molar-refractivity contribution in [2.24, 2.45) is 0 Å². The Bertz CT molecular complexity index is 862. The highest BCUT2D eigenvalue weighted by molar-refractivity contribution is 7.92. The van der Waals surface area contributed by atoms with Crippen molar-refractivity contribution < 1.29 is 44.2 Å². The van der Waals surface area contributed by atoms with Crippen molar-refractivity contribution in [1.29, 1.82) is 0 Å². The summed E-state index contributed by atoms with van der Waals surface area (Å²) < 4.78 is 107. The van der Waals surface area contributed by atoms with Gasteiger partial charge in [0.2, 0.25) is 0 Å². The largest absolute Gasteiger partial charge is 0.573 e. The summed E-state index contributed by atoms with van der Waals surface area (Å²) in [5, 5.41) is 0. The summed E-state index contributed by atoms with van der Waals surface area (Å²) in [6.07, 6.45) is -10.00. The lowest BCUT2D eigenvalue weighted by atomic mass is 10.3. The Morgan fingerprint density at radius 3 is 1.85 bits per heavy atom. The van der Waals surface area contributed by atoms with Gasteiger partial charge in [-0.25, -0.2) is 8.42 Å². The number of anilines is 1. The van der Waals surface area contributed by atoms with Crippen LogP contribution in [0.2, 0.25) is 0 Å². The molecule has 0 aliphatic carbocycles. The fraction of sp³-hybridized carbons (Fsp3) is 0.143. The number of ether oxygens (including phenoxy) is 2. The molecular weight excluding hydrogens is 392 g/mol. The summed E-state index contributed by atoms with van der Waals surface area (Å²) in [5.41, 5.74) is -0.500. The molecule has 1 N–H and O–H groups in total. The van der Waals surface area contributed by atoms with E-state index in [1.54, 1.807) is 0 Å². The van der Waals surface area contributed by atoms with E-state index in [-0.39, 0.29) is 0 Å². The molecule has 0 aliphatic rings. The first-order valence-corrected chi connectivity index (χ1v) is 8.07. The highest BCUT2D eigenvalue weighted by Crippen LogP contribution is 2.32. The number of para-hydroxylation sites is 2. The molecule has 0 atom stereocenters. The first-order valence-electron chi connectivity index (χ1n) is 6.59. The fourth-order valence-corrected chi connectivity index (χ4v) is 2.86. The molecule has 0 spiro atoms. The zero-order valence-electron chi connectivity index (χ0n) is 12.4. The van der Waals surface area contributed by atoms with Crippen molar-refractivity contribution >= 4 is 15.7 Å². The number of hydrogen-bond donors (Lipinski definition) is 1. The Hall–Kier alpha value is -2.63. The van der Waals surface area contributed by atoms with E-state index < -0.39 is 44.8 Å². The third-order valence-electron chi connectivity index (χ3n) is 2.72. The van der Waals surface area contributed by atoms with Gasteiger partial charge in [0.05, 0.1) is 10.6 Å². The zero-order valence-corrected chi connectivity index (χ0v) is 13.2. The molecule has 0 saturated carbocycles. The first kappa shape index (κ1) is 19.7. The molecule has 2 rings (SSSR count). The number of hydrogen-bond acceptors (Lipinski definition) is 4. The van der Waals surface area contributed by atoms with Crippen LogP contribution in [-0.4, -0.2) is 21.1 Å². The number of halogens is 6. The Kier molecular flexibility index (Phi) is 5.26. The average Bonchev–Trinajstić information content (AvgIpc) is 2.46. The molecule has 142 valence electrons. The van der Waals surface area contributed by atoms with Crippen LogP contribution in [0.3, 0.4) is 0 Å². The molecule has 0 aliphatic heterocycles. The molecule has 2 aromatic rings. The topological polar surface area (TPSA) is 64.6 Å². The van der Waals surface area contributed by atoms with Crippen LogP contribution in [0.1, 0.15) is 0 Å². The van der Waals surface area contributed by atoms with E-state index in [2.05, 4.69) is 9.47 Å². The molecule has 0 bridgehead atoms. The SMILES string of the molecule is O=S(=O)(Nc1ccccc1OC(F)(F)F)c1ccc(OC(F)(F)F)cc1. The Morgan fingerprint density at radius 1 is 0.769 bits per heavy atom. The molecule has 2 aromatic carbocycles. The molecular formula is C14H9F6NO4S. The highest BCUT2D eigenvalue weighted by atomic mass is 32.2. The molecule has 0 heterocycles. The van der Waals surface area contributed by atoms with Crippen LogP contribution in [0.15, 0.2) is 53.4 Å². The highest BCUT2D eigenvalue weighted by Gasteiger charge is 2.33. The molecule has 0 amide bonds. The van der Waals surface area contributed by atoms with Gasteiger partial charge in [-0.05, 0) is 36.4 Å². The molecule has 0 unspecified atom stereocenters. The van der Waals surface area contributed by atoms with E-state index in [1.807, 2.05) is 4.72 Å². The number of alkyl halides is 6. The molecule has 26 heavy (non-hydrogen) atoms. The van der Waals surface area contributed by atoms with Crippen molar-refractivity contribution in [2.45, 2.75) is 17.6 Å². The number of benzene rings is 2.